The fourth-order valence-electron chi connectivity index (χ4n) is 2.73. The summed E-state index contributed by atoms with van der Waals surface area (Å²) in [7, 11) is -3.83. The van der Waals surface area contributed by atoms with E-state index in [0.717, 1.165) is 0 Å². The molecule has 0 radical (unpaired) electrons. The molecule has 10 nitrogen and oxygen atoms in total. The first-order valence-corrected chi connectivity index (χ1v) is 12.1. The van der Waals surface area contributed by atoms with Crippen LogP contribution < -0.4 is 20.1 Å². The van der Waals surface area contributed by atoms with Gasteiger partial charge in [0.25, 0.3) is 15.9 Å². The number of amides is 1. The van der Waals surface area contributed by atoms with Gasteiger partial charge in [0.15, 0.2) is 10.9 Å². The Morgan fingerprint density at radius 2 is 1.79 bits per heavy atom. The Balaban J connectivity index is 1.52. The van der Waals surface area contributed by atoms with Crippen LogP contribution in [0, 0.1) is 6.92 Å². The molecule has 0 spiro atoms. The summed E-state index contributed by atoms with van der Waals surface area (Å²) in [5.41, 5.74) is 0.900. The number of rotatable bonds is 10. The van der Waals surface area contributed by atoms with Crippen LogP contribution in [0.15, 0.2) is 64.0 Å². The summed E-state index contributed by atoms with van der Waals surface area (Å²) in [4.78, 5) is 12.4. The molecule has 0 unspecified atom stereocenters. The van der Waals surface area contributed by atoms with Crippen LogP contribution >= 0.6 is 12.2 Å². The zero-order chi connectivity index (χ0) is 24.6. The Kier molecular flexibility index (Phi) is 8.57. The normalized spacial score (nSPS) is 11.0. The van der Waals surface area contributed by atoms with E-state index in [0.29, 0.717) is 42.6 Å². The van der Waals surface area contributed by atoms with Crippen molar-refractivity contribution in [1.82, 2.24) is 10.5 Å². The van der Waals surface area contributed by atoms with Crippen molar-refractivity contribution in [2.45, 2.75) is 18.7 Å². The monoisotopic (exact) mass is 504 g/mol. The van der Waals surface area contributed by atoms with Gasteiger partial charge in [-0.3, -0.25) is 14.8 Å². The molecule has 0 aliphatic heterocycles. The average Bonchev–Trinajstić information content (AvgIpc) is 3.21. The molecule has 1 aromatic heterocycles. The van der Waals surface area contributed by atoms with Gasteiger partial charge in [-0.2, -0.15) is 0 Å². The molecule has 0 saturated carbocycles. The highest BCUT2D eigenvalue weighted by Crippen LogP contribution is 2.18. The number of anilines is 2. The maximum atomic E-state index is 12.4. The first-order chi connectivity index (χ1) is 16.3. The molecule has 0 saturated heterocycles. The standard InChI is InChI=1S/C22H24N4O6S2/c1-3-30-12-13-31-18-8-4-16(5-9-18)21(27)24-22(33)23-17-6-10-19(11-7-17)34(28,29)26-20-14-15(2)32-25-20/h4-11,14H,3,12-13H2,1-2H3,(H,25,26)(H2,23,24,27,33). The first-order valence-electron chi connectivity index (χ1n) is 10.3. The van der Waals surface area contributed by atoms with Gasteiger partial charge in [0.05, 0.1) is 11.5 Å². The highest BCUT2D eigenvalue weighted by atomic mass is 32.2. The number of hydrogen-bond acceptors (Lipinski definition) is 8. The maximum absolute atomic E-state index is 12.4. The highest BCUT2D eigenvalue weighted by Gasteiger charge is 2.16. The smallest absolute Gasteiger partial charge is 0.263 e. The molecule has 1 amide bonds. The number of thiocarbonyl (C=S) groups is 1. The van der Waals surface area contributed by atoms with Gasteiger partial charge in [-0.1, -0.05) is 5.16 Å². The van der Waals surface area contributed by atoms with Crippen molar-refractivity contribution in [2.24, 2.45) is 0 Å². The lowest BCUT2D eigenvalue weighted by atomic mass is 10.2. The number of aromatic nitrogens is 1. The average molecular weight is 505 g/mol. The third kappa shape index (κ3) is 7.27. The molecule has 0 aliphatic carbocycles. The van der Waals surface area contributed by atoms with E-state index in [4.69, 9.17) is 26.2 Å². The molecule has 0 fully saturated rings. The second kappa shape index (κ2) is 11.6. The second-order valence-corrected chi connectivity index (χ2v) is 9.02. The van der Waals surface area contributed by atoms with E-state index in [1.54, 1.807) is 31.2 Å². The Hall–Kier alpha value is -3.48. The van der Waals surface area contributed by atoms with Gasteiger partial charge in [0.2, 0.25) is 0 Å². The van der Waals surface area contributed by atoms with E-state index in [1.165, 1.54) is 30.3 Å². The van der Waals surface area contributed by atoms with Crippen molar-refractivity contribution >= 4 is 44.8 Å². The molecule has 0 aliphatic rings. The van der Waals surface area contributed by atoms with Gasteiger partial charge in [-0.05, 0) is 74.6 Å². The molecular formula is C22H24N4O6S2. The summed E-state index contributed by atoms with van der Waals surface area (Å²) in [6.07, 6.45) is 0. The zero-order valence-corrected chi connectivity index (χ0v) is 20.2. The topological polar surface area (TPSA) is 132 Å². The number of benzene rings is 2. The van der Waals surface area contributed by atoms with Gasteiger partial charge in [0.1, 0.15) is 18.1 Å². The molecule has 180 valence electrons. The predicted octanol–water partition coefficient (Wildman–Crippen LogP) is 3.33. The number of nitrogens with zero attached hydrogens (tertiary/aromatic N) is 1. The molecule has 1 heterocycles. The maximum Gasteiger partial charge on any atom is 0.263 e. The molecule has 12 heteroatoms. The van der Waals surface area contributed by atoms with E-state index in [9.17, 15) is 13.2 Å². The van der Waals surface area contributed by atoms with Crippen LogP contribution in [0.4, 0.5) is 11.5 Å². The Morgan fingerprint density at radius 3 is 2.41 bits per heavy atom. The fraction of sp³-hybridized carbons (Fsp3) is 0.227. The predicted molar refractivity (Wildman–Crippen MR) is 131 cm³/mol. The summed E-state index contributed by atoms with van der Waals surface area (Å²) in [6, 6.07) is 13.9. The Labute approximate surface area is 202 Å². The fourth-order valence-corrected chi connectivity index (χ4v) is 3.93. The first kappa shape index (κ1) is 25.1. The third-order valence-corrected chi connectivity index (χ3v) is 5.91. The minimum Gasteiger partial charge on any atom is -0.491 e. The number of nitrogens with one attached hydrogen (secondary N) is 3. The minimum absolute atomic E-state index is 0.0252. The van der Waals surface area contributed by atoms with E-state index >= 15 is 0 Å². The summed E-state index contributed by atoms with van der Waals surface area (Å²) >= 11 is 5.18. The molecule has 3 aromatic rings. The number of sulfonamides is 1. The number of hydrogen-bond donors (Lipinski definition) is 3. The Morgan fingerprint density at radius 1 is 1.09 bits per heavy atom. The van der Waals surface area contributed by atoms with Crippen molar-refractivity contribution in [3.63, 3.8) is 0 Å². The van der Waals surface area contributed by atoms with Crippen LogP contribution in [-0.2, 0) is 14.8 Å². The van der Waals surface area contributed by atoms with Crippen molar-refractivity contribution in [1.29, 1.82) is 0 Å². The van der Waals surface area contributed by atoms with Gasteiger partial charge in [-0.25, -0.2) is 8.42 Å². The molecule has 3 rings (SSSR count). The van der Waals surface area contributed by atoms with E-state index in [1.807, 2.05) is 6.92 Å². The minimum atomic E-state index is -3.83. The van der Waals surface area contributed by atoms with Crippen molar-refractivity contribution in [2.75, 3.05) is 29.9 Å². The van der Waals surface area contributed by atoms with Gasteiger partial charge < -0.3 is 19.3 Å². The van der Waals surface area contributed by atoms with Gasteiger partial charge in [-0.15, -0.1) is 0 Å². The summed E-state index contributed by atoms with van der Waals surface area (Å²) < 4.78 is 42.8. The van der Waals surface area contributed by atoms with Crippen molar-refractivity contribution < 1.29 is 27.2 Å². The molecule has 0 atom stereocenters. The number of carbonyl (C=O) groups is 1. The summed E-state index contributed by atoms with van der Waals surface area (Å²) in [5, 5.41) is 9.10. The number of carbonyl (C=O) groups excluding carboxylic acids is 1. The van der Waals surface area contributed by atoms with Crippen LogP contribution in [0.2, 0.25) is 0 Å². The van der Waals surface area contributed by atoms with Crippen LogP contribution in [0.5, 0.6) is 5.75 Å². The van der Waals surface area contributed by atoms with Crippen LogP contribution in [-0.4, -0.2) is 44.4 Å². The zero-order valence-electron chi connectivity index (χ0n) is 18.5. The number of ether oxygens (including phenoxy) is 2. The molecule has 2 aromatic carbocycles. The van der Waals surface area contributed by atoms with E-state index in [2.05, 4.69) is 20.5 Å². The Bertz CT molecular complexity index is 1230. The lowest BCUT2D eigenvalue weighted by Gasteiger charge is -2.11. The highest BCUT2D eigenvalue weighted by molar-refractivity contribution is 7.92. The van der Waals surface area contributed by atoms with Gasteiger partial charge >= 0.3 is 0 Å². The van der Waals surface area contributed by atoms with Crippen LogP contribution in [0.1, 0.15) is 23.0 Å². The van der Waals surface area contributed by atoms with Crippen molar-refractivity contribution in [3.05, 3.63) is 65.9 Å². The molecular weight excluding hydrogens is 480 g/mol. The quantitative estimate of drug-likeness (QED) is 0.281. The van der Waals surface area contributed by atoms with Gasteiger partial charge in [0, 0.05) is 23.9 Å². The molecule has 3 N–H and O–H groups in total. The molecule has 0 bridgehead atoms. The van der Waals surface area contributed by atoms with E-state index < -0.39 is 15.9 Å². The van der Waals surface area contributed by atoms with E-state index in [-0.39, 0.29) is 15.8 Å². The van der Waals surface area contributed by atoms with Crippen LogP contribution in [0.25, 0.3) is 0 Å². The summed E-state index contributed by atoms with van der Waals surface area (Å²) in [6.45, 7) is 5.10. The second-order valence-electron chi connectivity index (χ2n) is 6.93. The SMILES string of the molecule is CCOCCOc1ccc(C(=O)NC(=S)Nc2ccc(S(=O)(=O)Nc3cc(C)on3)cc2)cc1. The lowest BCUT2D eigenvalue weighted by Crippen LogP contribution is -2.34. The lowest BCUT2D eigenvalue weighted by molar-refractivity contribution is 0.0977. The largest absolute Gasteiger partial charge is 0.491 e. The third-order valence-electron chi connectivity index (χ3n) is 4.33. The molecule has 34 heavy (non-hydrogen) atoms. The van der Waals surface area contributed by atoms with Crippen LogP contribution in [0.3, 0.4) is 0 Å². The number of aryl methyl sites for hydroxylation is 1. The summed E-state index contributed by atoms with van der Waals surface area (Å²) in [5.74, 6) is 0.799. The van der Waals surface area contributed by atoms with Crippen molar-refractivity contribution in [3.8, 4) is 5.75 Å².